The lowest BCUT2D eigenvalue weighted by atomic mass is 9.93. The van der Waals surface area contributed by atoms with Gasteiger partial charge in [0.15, 0.2) is 0 Å². The standard InChI is InChI=1S/C25H34N2O3/c1-16(2)21-13-10-14-22(17(3)4)23(21)27-24(28)26-15-25(20-11-8-7-9-12-20)29-18(5)19(6)30-25/h7-14,16-19H,15H2,1-6H3,(H2,26,27,28). The van der Waals surface area contributed by atoms with E-state index in [1.54, 1.807) is 0 Å². The summed E-state index contributed by atoms with van der Waals surface area (Å²) in [4.78, 5) is 12.9. The van der Waals surface area contributed by atoms with E-state index in [-0.39, 0.29) is 24.8 Å². The Morgan fingerprint density at radius 3 is 1.93 bits per heavy atom. The van der Waals surface area contributed by atoms with E-state index in [9.17, 15) is 4.79 Å². The minimum atomic E-state index is -0.990. The Kier molecular flexibility index (Phi) is 6.84. The maximum absolute atomic E-state index is 12.9. The van der Waals surface area contributed by atoms with Crippen molar-refractivity contribution in [2.75, 3.05) is 11.9 Å². The van der Waals surface area contributed by atoms with Crippen molar-refractivity contribution in [1.29, 1.82) is 0 Å². The molecule has 162 valence electrons. The molecule has 0 aromatic heterocycles. The number of hydrogen-bond acceptors (Lipinski definition) is 3. The zero-order valence-corrected chi connectivity index (χ0v) is 18.9. The third kappa shape index (κ3) is 4.68. The Balaban J connectivity index is 1.80. The highest BCUT2D eigenvalue weighted by Gasteiger charge is 2.45. The second-order valence-electron chi connectivity index (χ2n) is 8.69. The van der Waals surface area contributed by atoms with E-state index >= 15 is 0 Å². The fourth-order valence-electron chi connectivity index (χ4n) is 3.88. The van der Waals surface area contributed by atoms with Gasteiger partial charge in [-0.1, -0.05) is 76.2 Å². The van der Waals surface area contributed by atoms with Gasteiger partial charge in [0.05, 0.1) is 18.8 Å². The second-order valence-corrected chi connectivity index (χ2v) is 8.69. The van der Waals surface area contributed by atoms with Gasteiger partial charge in [-0.2, -0.15) is 0 Å². The highest BCUT2D eigenvalue weighted by Crippen LogP contribution is 2.37. The van der Waals surface area contributed by atoms with Gasteiger partial charge in [-0.15, -0.1) is 0 Å². The number of carbonyl (C=O) groups is 1. The number of urea groups is 1. The summed E-state index contributed by atoms with van der Waals surface area (Å²) < 4.78 is 12.4. The van der Waals surface area contributed by atoms with Gasteiger partial charge in [0.1, 0.15) is 0 Å². The molecule has 0 saturated carbocycles. The molecule has 0 aliphatic carbocycles. The topological polar surface area (TPSA) is 59.6 Å². The molecule has 2 aromatic rings. The van der Waals surface area contributed by atoms with E-state index in [0.717, 1.165) is 22.4 Å². The molecule has 2 unspecified atom stereocenters. The van der Waals surface area contributed by atoms with Crippen molar-refractivity contribution in [2.45, 2.75) is 71.4 Å². The molecule has 5 nitrogen and oxygen atoms in total. The minimum absolute atomic E-state index is 0.0655. The molecule has 1 heterocycles. The molecule has 2 aromatic carbocycles. The molecule has 1 saturated heterocycles. The number of amides is 2. The molecule has 0 spiro atoms. The third-order valence-corrected chi connectivity index (χ3v) is 5.72. The van der Waals surface area contributed by atoms with Crippen LogP contribution in [0.1, 0.15) is 70.1 Å². The van der Waals surface area contributed by atoms with Crippen LogP contribution in [0.2, 0.25) is 0 Å². The Morgan fingerprint density at radius 2 is 1.43 bits per heavy atom. The van der Waals surface area contributed by atoms with Crippen LogP contribution in [0.4, 0.5) is 10.5 Å². The van der Waals surface area contributed by atoms with Crippen molar-refractivity contribution in [3.63, 3.8) is 0 Å². The van der Waals surface area contributed by atoms with Crippen molar-refractivity contribution in [3.05, 3.63) is 65.2 Å². The van der Waals surface area contributed by atoms with Crippen LogP contribution in [0.15, 0.2) is 48.5 Å². The summed E-state index contributed by atoms with van der Waals surface area (Å²) in [6.45, 7) is 12.7. The van der Waals surface area contributed by atoms with E-state index in [1.165, 1.54) is 0 Å². The average molecular weight is 411 g/mol. The summed E-state index contributed by atoms with van der Waals surface area (Å²) in [5, 5.41) is 6.08. The molecule has 3 rings (SSSR count). The van der Waals surface area contributed by atoms with Gasteiger partial charge in [0.25, 0.3) is 0 Å². The molecule has 5 heteroatoms. The van der Waals surface area contributed by atoms with Crippen LogP contribution in [0.3, 0.4) is 0 Å². The molecule has 1 aliphatic rings. The highest BCUT2D eigenvalue weighted by molar-refractivity contribution is 5.91. The van der Waals surface area contributed by atoms with Crippen LogP contribution < -0.4 is 10.6 Å². The Labute approximate surface area is 180 Å². The molecule has 2 N–H and O–H groups in total. The Hall–Kier alpha value is -2.37. The number of nitrogens with one attached hydrogen (secondary N) is 2. The van der Waals surface area contributed by atoms with Gasteiger partial charge in [-0.25, -0.2) is 4.79 Å². The minimum Gasteiger partial charge on any atom is -0.339 e. The van der Waals surface area contributed by atoms with Gasteiger partial charge >= 0.3 is 6.03 Å². The summed E-state index contributed by atoms with van der Waals surface area (Å²) in [6, 6.07) is 15.7. The van der Waals surface area contributed by atoms with E-state index in [2.05, 4.69) is 56.5 Å². The zero-order valence-electron chi connectivity index (χ0n) is 18.9. The Bertz CT molecular complexity index is 828. The predicted molar refractivity (Wildman–Crippen MR) is 121 cm³/mol. The van der Waals surface area contributed by atoms with Crippen LogP contribution in [-0.2, 0) is 15.3 Å². The first kappa shape index (κ1) is 22.3. The number of ether oxygens (including phenoxy) is 2. The maximum Gasteiger partial charge on any atom is 0.319 e. The Morgan fingerprint density at radius 1 is 0.900 bits per heavy atom. The summed E-state index contributed by atoms with van der Waals surface area (Å²) >= 11 is 0. The molecule has 1 aliphatic heterocycles. The average Bonchev–Trinajstić information content (AvgIpc) is 3.02. The van der Waals surface area contributed by atoms with Crippen molar-refractivity contribution in [2.24, 2.45) is 0 Å². The van der Waals surface area contributed by atoms with E-state index in [1.807, 2.05) is 44.2 Å². The van der Waals surface area contributed by atoms with Gasteiger partial charge in [0.2, 0.25) is 5.79 Å². The van der Waals surface area contributed by atoms with Crippen LogP contribution >= 0.6 is 0 Å². The summed E-state index contributed by atoms with van der Waals surface area (Å²) in [6.07, 6.45) is -0.131. The summed E-state index contributed by atoms with van der Waals surface area (Å²) in [5.74, 6) is -0.383. The zero-order chi connectivity index (χ0) is 21.9. The van der Waals surface area contributed by atoms with Crippen LogP contribution in [0.25, 0.3) is 0 Å². The predicted octanol–water partition coefficient (Wildman–Crippen LogP) is 5.73. The first-order valence-corrected chi connectivity index (χ1v) is 10.8. The third-order valence-electron chi connectivity index (χ3n) is 5.72. The second kappa shape index (κ2) is 9.19. The molecule has 2 atom stereocenters. The largest absolute Gasteiger partial charge is 0.339 e. The number of para-hydroxylation sites is 1. The quantitative estimate of drug-likeness (QED) is 0.639. The molecule has 0 radical (unpaired) electrons. The lowest BCUT2D eigenvalue weighted by Crippen LogP contribution is -2.44. The van der Waals surface area contributed by atoms with Crippen molar-refractivity contribution >= 4 is 11.7 Å². The molecule has 0 bridgehead atoms. The summed E-state index contributed by atoms with van der Waals surface area (Å²) in [7, 11) is 0. The maximum atomic E-state index is 12.9. The molecule has 1 fully saturated rings. The van der Waals surface area contributed by atoms with Gasteiger partial charge < -0.3 is 20.1 Å². The molecule has 2 amide bonds. The summed E-state index contributed by atoms with van der Waals surface area (Å²) in [5.41, 5.74) is 4.05. The first-order valence-electron chi connectivity index (χ1n) is 10.8. The van der Waals surface area contributed by atoms with Crippen molar-refractivity contribution in [1.82, 2.24) is 5.32 Å². The smallest absolute Gasteiger partial charge is 0.319 e. The normalized spacial score (nSPS) is 23.7. The van der Waals surface area contributed by atoms with Crippen molar-refractivity contribution < 1.29 is 14.3 Å². The number of benzene rings is 2. The van der Waals surface area contributed by atoms with Crippen LogP contribution in [0, 0.1) is 0 Å². The lowest BCUT2D eigenvalue weighted by Gasteiger charge is -2.29. The first-order chi connectivity index (χ1) is 14.2. The van der Waals surface area contributed by atoms with E-state index < -0.39 is 5.79 Å². The van der Waals surface area contributed by atoms with Gasteiger partial charge in [-0.05, 0) is 36.8 Å². The van der Waals surface area contributed by atoms with Gasteiger partial charge in [0, 0.05) is 11.3 Å². The SMILES string of the molecule is CC(C)c1cccc(C(C)C)c1NC(=O)NCC1(c2ccccc2)OC(C)C(C)O1. The van der Waals surface area contributed by atoms with Crippen molar-refractivity contribution in [3.8, 4) is 0 Å². The lowest BCUT2D eigenvalue weighted by molar-refractivity contribution is -0.176. The monoisotopic (exact) mass is 410 g/mol. The fraction of sp³-hybridized carbons (Fsp3) is 0.480. The number of rotatable bonds is 6. The van der Waals surface area contributed by atoms with Gasteiger partial charge in [-0.3, -0.25) is 0 Å². The van der Waals surface area contributed by atoms with Crippen LogP contribution in [0.5, 0.6) is 0 Å². The highest BCUT2D eigenvalue weighted by atomic mass is 16.8. The number of carbonyl (C=O) groups excluding carboxylic acids is 1. The van der Waals surface area contributed by atoms with E-state index in [4.69, 9.17) is 9.47 Å². The van der Waals surface area contributed by atoms with Crippen LogP contribution in [-0.4, -0.2) is 24.8 Å². The molecular weight excluding hydrogens is 376 g/mol. The molecule has 30 heavy (non-hydrogen) atoms. The van der Waals surface area contributed by atoms with E-state index in [0.29, 0.717) is 11.8 Å². The number of hydrogen-bond donors (Lipinski definition) is 2. The fourth-order valence-corrected chi connectivity index (χ4v) is 3.88. The molecular formula is C25H34N2O3. The number of anilines is 1.